The van der Waals surface area contributed by atoms with Gasteiger partial charge in [0.2, 0.25) is 0 Å². The Morgan fingerprint density at radius 1 is 1.59 bits per heavy atom. The number of hydrogen-bond donors (Lipinski definition) is 3. The van der Waals surface area contributed by atoms with E-state index in [4.69, 9.17) is 5.73 Å². The van der Waals surface area contributed by atoms with Gasteiger partial charge in [-0.25, -0.2) is 4.39 Å². The number of anilines is 1. The fourth-order valence-electron chi connectivity index (χ4n) is 1.48. The van der Waals surface area contributed by atoms with Crippen molar-refractivity contribution in [1.82, 2.24) is 5.32 Å². The highest BCUT2D eigenvalue weighted by Gasteiger charge is 2.13. The smallest absolute Gasteiger partial charge is 0.253 e. The summed E-state index contributed by atoms with van der Waals surface area (Å²) in [7, 11) is 0. The molecule has 1 unspecified atom stereocenters. The van der Waals surface area contributed by atoms with Crippen LogP contribution in [0, 0.1) is 5.82 Å². The number of nitrogens with two attached hydrogens (primary N) is 1. The lowest BCUT2D eigenvalue weighted by atomic mass is 10.1. The zero-order valence-electron chi connectivity index (χ0n) is 9.74. The summed E-state index contributed by atoms with van der Waals surface area (Å²) in [5, 5.41) is 12.0. The van der Waals surface area contributed by atoms with Crippen molar-refractivity contribution < 1.29 is 14.3 Å². The zero-order chi connectivity index (χ0) is 12.8. The van der Waals surface area contributed by atoms with Gasteiger partial charge >= 0.3 is 0 Å². The van der Waals surface area contributed by atoms with Gasteiger partial charge in [-0.2, -0.15) is 0 Å². The van der Waals surface area contributed by atoms with Gasteiger partial charge in [0.15, 0.2) is 0 Å². The van der Waals surface area contributed by atoms with Crippen LogP contribution in [0.1, 0.15) is 30.1 Å². The number of benzene rings is 1. The monoisotopic (exact) mass is 240 g/mol. The highest BCUT2D eigenvalue weighted by Crippen LogP contribution is 2.15. The molecule has 0 saturated carbocycles. The number of rotatable bonds is 5. The fraction of sp³-hybridized carbons (Fsp3) is 0.417. The van der Waals surface area contributed by atoms with E-state index in [1.54, 1.807) is 0 Å². The van der Waals surface area contributed by atoms with Gasteiger partial charge in [0, 0.05) is 6.54 Å². The van der Waals surface area contributed by atoms with Crippen LogP contribution in [-0.4, -0.2) is 23.7 Å². The van der Waals surface area contributed by atoms with E-state index in [0.29, 0.717) is 6.42 Å². The second-order valence-corrected chi connectivity index (χ2v) is 3.85. The summed E-state index contributed by atoms with van der Waals surface area (Å²) in [6.07, 6.45) is 0.858. The number of carbonyl (C=O) groups excluding carboxylic acids is 1. The number of hydrogen-bond acceptors (Lipinski definition) is 3. The molecule has 1 aromatic rings. The molecule has 0 bridgehead atoms. The van der Waals surface area contributed by atoms with Crippen LogP contribution in [0.15, 0.2) is 18.2 Å². The van der Waals surface area contributed by atoms with E-state index in [-0.39, 0.29) is 17.8 Å². The molecule has 4 N–H and O–H groups in total. The minimum Gasteiger partial charge on any atom is -0.396 e. The standard InChI is InChI=1S/C12H17FN2O2/c1-2-4-8(16)7-15-12(17)9-5-3-6-10(13)11(9)14/h3,5-6,8,16H,2,4,7,14H2,1H3,(H,15,17). The molecule has 0 fully saturated rings. The Morgan fingerprint density at radius 2 is 2.29 bits per heavy atom. The van der Waals surface area contributed by atoms with E-state index in [1.165, 1.54) is 18.2 Å². The summed E-state index contributed by atoms with van der Waals surface area (Å²) in [4.78, 5) is 11.7. The number of halogens is 1. The predicted molar refractivity (Wildman–Crippen MR) is 64.1 cm³/mol. The quantitative estimate of drug-likeness (QED) is 0.679. The fourth-order valence-corrected chi connectivity index (χ4v) is 1.48. The van der Waals surface area contributed by atoms with E-state index in [2.05, 4.69) is 5.32 Å². The molecule has 1 atom stereocenters. The summed E-state index contributed by atoms with van der Waals surface area (Å²) in [5.74, 6) is -1.09. The zero-order valence-corrected chi connectivity index (χ0v) is 9.74. The van der Waals surface area contributed by atoms with Gasteiger partial charge in [0.1, 0.15) is 5.82 Å². The van der Waals surface area contributed by atoms with Gasteiger partial charge < -0.3 is 16.2 Å². The number of aliphatic hydroxyl groups excluding tert-OH is 1. The molecular weight excluding hydrogens is 223 g/mol. The molecule has 17 heavy (non-hydrogen) atoms. The molecule has 4 nitrogen and oxygen atoms in total. The first-order valence-electron chi connectivity index (χ1n) is 5.56. The van der Waals surface area contributed by atoms with Crippen molar-refractivity contribution in [3.05, 3.63) is 29.6 Å². The highest BCUT2D eigenvalue weighted by atomic mass is 19.1. The second-order valence-electron chi connectivity index (χ2n) is 3.85. The van der Waals surface area contributed by atoms with Crippen molar-refractivity contribution >= 4 is 11.6 Å². The largest absolute Gasteiger partial charge is 0.396 e. The lowest BCUT2D eigenvalue weighted by Gasteiger charge is -2.11. The van der Waals surface area contributed by atoms with Crippen LogP contribution in [-0.2, 0) is 0 Å². The number of para-hydroxylation sites is 1. The lowest BCUT2D eigenvalue weighted by molar-refractivity contribution is 0.0910. The van der Waals surface area contributed by atoms with Gasteiger partial charge in [0.25, 0.3) is 5.91 Å². The molecule has 0 aliphatic heterocycles. The second kappa shape index (κ2) is 6.20. The molecule has 94 valence electrons. The van der Waals surface area contributed by atoms with Gasteiger partial charge in [-0.05, 0) is 18.6 Å². The van der Waals surface area contributed by atoms with Crippen LogP contribution >= 0.6 is 0 Å². The van der Waals surface area contributed by atoms with Crippen molar-refractivity contribution in [2.75, 3.05) is 12.3 Å². The number of nitrogen functional groups attached to an aromatic ring is 1. The van der Waals surface area contributed by atoms with Crippen molar-refractivity contribution in [1.29, 1.82) is 0 Å². The molecule has 0 saturated heterocycles. The summed E-state index contributed by atoms with van der Waals surface area (Å²) >= 11 is 0. The molecule has 1 rings (SSSR count). The molecule has 1 aromatic carbocycles. The van der Waals surface area contributed by atoms with E-state index in [0.717, 1.165) is 6.42 Å². The predicted octanol–water partition coefficient (Wildman–Crippen LogP) is 1.30. The normalized spacial score (nSPS) is 12.2. The van der Waals surface area contributed by atoms with Gasteiger partial charge in [-0.15, -0.1) is 0 Å². The van der Waals surface area contributed by atoms with Crippen molar-refractivity contribution in [3.63, 3.8) is 0 Å². The van der Waals surface area contributed by atoms with E-state index in [9.17, 15) is 14.3 Å². The molecular formula is C12H17FN2O2. The minimum atomic E-state index is -0.619. The van der Waals surface area contributed by atoms with Crippen LogP contribution in [0.25, 0.3) is 0 Å². The Kier molecular flexibility index (Phi) is 4.90. The van der Waals surface area contributed by atoms with Crippen molar-refractivity contribution in [2.45, 2.75) is 25.9 Å². The maximum atomic E-state index is 13.1. The first-order valence-corrected chi connectivity index (χ1v) is 5.56. The van der Waals surface area contributed by atoms with Gasteiger partial charge in [0.05, 0.1) is 17.4 Å². The maximum absolute atomic E-state index is 13.1. The number of amides is 1. The minimum absolute atomic E-state index is 0.0914. The Balaban J connectivity index is 2.61. The molecule has 0 heterocycles. The Hall–Kier alpha value is -1.62. The Labute approximate surface area is 99.6 Å². The maximum Gasteiger partial charge on any atom is 0.253 e. The van der Waals surface area contributed by atoms with E-state index >= 15 is 0 Å². The number of aliphatic hydroxyl groups is 1. The molecule has 5 heteroatoms. The summed E-state index contributed by atoms with van der Waals surface area (Å²) in [6, 6.07) is 4.06. The van der Waals surface area contributed by atoms with E-state index < -0.39 is 17.8 Å². The van der Waals surface area contributed by atoms with Crippen molar-refractivity contribution in [3.8, 4) is 0 Å². The highest BCUT2D eigenvalue weighted by molar-refractivity contribution is 5.99. The first kappa shape index (κ1) is 13.4. The molecule has 0 aliphatic carbocycles. The third-order valence-corrected chi connectivity index (χ3v) is 2.42. The average Bonchev–Trinajstić information content (AvgIpc) is 2.30. The topological polar surface area (TPSA) is 75.3 Å². The molecule has 0 aliphatic rings. The van der Waals surface area contributed by atoms with Crippen LogP contribution in [0.2, 0.25) is 0 Å². The van der Waals surface area contributed by atoms with E-state index in [1.807, 2.05) is 6.92 Å². The van der Waals surface area contributed by atoms with Crippen LogP contribution < -0.4 is 11.1 Å². The number of nitrogens with one attached hydrogen (secondary N) is 1. The Bertz CT molecular complexity index is 396. The van der Waals surface area contributed by atoms with Crippen LogP contribution in [0.5, 0.6) is 0 Å². The third kappa shape index (κ3) is 3.71. The van der Waals surface area contributed by atoms with Gasteiger partial charge in [-0.3, -0.25) is 4.79 Å². The van der Waals surface area contributed by atoms with Crippen molar-refractivity contribution in [2.24, 2.45) is 0 Å². The number of carbonyl (C=O) groups is 1. The summed E-state index contributed by atoms with van der Waals surface area (Å²) in [5.41, 5.74) is 5.37. The molecule has 1 amide bonds. The molecule has 0 radical (unpaired) electrons. The third-order valence-electron chi connectivity index (χ3n) is 2.42. The SMILES string of the molecule is CCCC(O)CNC(=O)c1cccc(F)c1N. The summed E-state index contributed by atoms with van der Waals surface area (Å²) < 4.78 is 13.1. The summed E-state index contributed by atoms with van der Waals surface area (Å²) in [6.45, 7) is 2.08. The Morgan fingerprint density at radius 3 is 2.94 bits per heavy atom. The molecule has 0 aromatic heterocycles. The molecule has 0 spiro atoms. The average molecular weight is 240 g/mol. The van der Waals surface area contributed by atoms with Crippen LogP contribution in [0.3, 0.4) is 0 Å². The first-order chi connectivity index (χ1) is 8.06. The lowest BCUT2D eigenvalue weighted by Crippen LogP contribution is -2.32. The van der Waals surface area contributed by atoms with Gasteiger partial charge in [-0.1, -0.05) is 19.4 Å². The van der Waals surface area contributed by atoms with Crippen LogP contribution in [0.4, 0.5) is 10.1 Å².